The molecule has 0 atom stereocenters. The van der Waals surface area contributed by atoms with Crippen LogP contribution in [0.2, 0.25) is 0 Å². The van der Waals surface area contributed by atoms with E-state index in [0.29, 0.717) is 17.5 Å². The number of hydrogen-bond donors (Lipinski definition) is 3. The molecule has 0 fully saturated rings. The number of benzene rings is 2. The average Bonchev–Trinajstić information content (AvgIpc) is 2.72. The summed E-state index contributed by atoms with van der Waals surface area (Å²) in [6, 6.07) is 14.7. The highest BCUT2D eigenvalue weighted by Crippen LogP contribution is 2.29. The Bertz CT molecular complexity index is 886. The Kier molecular flexibility index (Phi) is 8.09. The molecule has 2 aromatic rings. The van der Waals surface area contributed by atoms with Crippen LogP contribution < -0.4 is 24.8 Å². The van der Waals surface area contributed by atoms with Gasteiger partial charge in [0.25, 0.3) is 0 Å². The van der Waals surface area contributed by atoms with Crippen LogP contribution in [0.1, 0.15) is 5.56 Å². The maximum Gasteiger partial charge on any atom is 0.213 e. The fraction of sp³-hybridized carbons (Fsp3) is 0.316. The Balaban J connectivity index is 1.85. The number of rotatable bonds is 9. The molecule has 0 radical (unpaired) electrons. The lowest BCUT2D eigenvalue weighted by molar-refractivity contribution is 0.355. The van der Waals surface area contributed by atoms with Gasteiger partial charge in [0.1, 0.15) is 0 Å². The normalized spacial score (nSPS) is 11.8. The molecule has 2 rings (SSSR count). The first-order valence-corrected chi connectivity index (χ1v) is 10.3. The molecule has 0 saturated carbocycles. The van der Waals surface area contributed by atoms with Crippen molar-refractivity contribution < 1.29 is 17.9 Å². The van der Waals surface area contributed by atoms with Crippen LogP contribution in [0.4, 0.5) is 5.69 Å². The van der Waals surface area contributed by atoms with E-state index in [9.17, 15) is 8.42 Å². The first kappa shape index (κ1) is 21.5. The summed E-state index contributed by atoms with van der Waals surface area (Å²) in [7, 11) is 1.33. The van der Waals surface area contributed by atoms with Crippen molar-refractivity contribution in [3.63, 3.8) is 0 Å². The molecule has 0 bridgehead atoms. The molecule has 0 amide bonds. The summed E-state index contributed by atoms with van der Waals surface area (Å²) in [5.41, 5.74) is 1.64. The lowest BCUT2D eigenvalue weighted by Crippen LogP contribution is -2.37. The molecule has 0 heterocycles. The minimum atomic E-state index is -3.41. The van der Waals surface area contributed by atoms with Gasteiger partial charge in [-0.05, 0) is 17.7 Å². The number of ether oxygens (including phenoxy) is 2. The maximum atomic E-state index is 12.1. The second-order valence-corrected chi connectivity index (χ2v) is 7.75. The van der Waals surface area contributed by atoms with Crippen LogP contribution in [-0.4, -0.2) is 47.9 Å². The van der Waals surface area contributed by atoms with Gasteiger partial charge in [-0.1, -0.05) is 30.3 Å². The van der Waals surface area contributed by atoms with Crippen molar-refractivity contribution in [3.8, 4) is 11.5 Å². The van der Waals surface area contributed by atoms with Crippen molar-refractivity contribution in [1.82, 2.24) is 10.0 Å². The smallest absolute Gasteiger partial charge is 0.213 e. The van der Waals surface area contributed by atoms with E-state index in [0.717, 1.165) is 11.3 Å². The number of anilines is 1. The summed E-state index contributed by atoms with van der Waals surface area (Å²) >= 11 is 0. The Labute approximate surface area is 166 Å². The molecule has 28 heavy (non-hydrogen) atoms. The summed E-state index contributed by atoms with van der Waals surface area (Å²) in [6.07, 6.45) is 0. The fourth-order valence-electron chi connectivity index (χ4n) is 2.39. The molecular formula is C19H26N4O4S. The molecule has 0 aromatic heterocycles. The van der Waals surface area contributed by atoms with Gasteiger partial charge < -0.3 is 20.1 Å². The van der Waals surface area contributed by atoms with Crippen molar-refractivity contribution in [1.29, 1.82) is 0 Å². The predicted molar refractivity (Wildman–Crippen MR) is 112 cm³/mol. The van der Waals surface area contributed by atoms with Crippen molar-refractivity contribution in [2.75, 3.05) is 38.9 Å². The topological polar surface area (TPSA) is 101 Å². The highest BCUT2D eigenvalue weighted by Gasteiger charge is 2.11. The molecule has 152 valence electrons. The van der Waals surface area contributed by atoms with Crippen LogP contribution in [0.5, 0.6) is 11.5 Å². The third-order valence-corrected chi connectivity index (χ3v) is 5.20. The molecular weight excluding hydrogens is 380 g/mol. The lowest BCUT2D eigenvalue weighted by atomic mass is 10.2. The largest absolute Gasteiger partial charge is 0.493 e. The van der Waals surface area contributed by atoms with E-state index >= 15 is 0 Å². The van der Waals surface area contributed by atoms with E-state index in [1.807, 2.05) is 36.4 Å². The minimum absolute atomic E-state index is 0.0769. The number of nitrogens with one attached hydrogen (secondary N) is 3. The number of nitrogens with zero attached hydrogens (tertiary/aromatic N) is 1. The highest BCUT2D eigenvalue weighted by molar-refractivity contribution is 7.89. The third kappa shape index (κ3) is 6.75. The van der Waals surface area contributed by atoms with E-state index in [1.54, 1.807) is 33.4 Å². The first-order valence-electron chi connectivity index (χ1n) is 8.68. The standard InChI is InChI=1S/C19H26N4O4S/c1-20-19(23-16-9-10-17(26-2)18(13-16)27-3)21-11-12-28(24,25)22-14-15-7-5-4-6-8-15/h4-10,13,22H,11-12,14H2,1-3H3,(H2,20,21,23). The zero-order valence-corrected chi connectivity index (χ0v) is 17.0. The second-order valence-electron chi connectivity index (χ2n) is 5.82. The summed E-state index contributed by atoms with van der Waals surface area (Å²) in [5, 5.41) is 6.07. The van der Waals surface area contributed by atoms with Crippen LogP contribution in [0.3, 0.4) is 0 Å². The molecule has 0 spiro atoms. The average molecular weight is 407 g/mol. The number of hydrogen-bond acceptors (Lipinski definition) is 5. The van der Waals surface area contributed by atoms with Crippen LogP contribution in [0.15, 0.2) is 53.5 Å². The fourth-order valence-corrected chi connectivity index (χ4v) is 3.30. The van der Waals surface area contributed by atoms with E-state index in [2.05, 4.69) is 20.3 Å². The molecule has 0 aliphatic rings. The molecule has 0 unspecified atom stereocenters. The lowest BCUT2D eigenvalue weighted by Gasteiger charge is -2.14. The Morgan fingerprint density at radius 2 is 1.75 bits per heavy atom. The zero-order chi connectivity index (χ0) is 20.4. The minimum Gasteiger partial charge on any atom is -0.493 e. The van der Waals surface area contributed by atoms with Gasteiger partial charge in [-0.3, -0.25) is 4.99 Å². The van der Waals surface area contributed by atoms with Crippen LogP contribution in [0.25, 0.3) is 0 Å². The van der Waals surface area contributed by atoms with Crippen LogP contribution in [-0.2, 0) is 16.6 Å². The second kappa shape index (κ2) is 10.5. The van der Waals surface area contributed by atoms with Crippen molar-refractivity contribution in [3.05, 3.63) is 54.1 Å². The number of methoxy groups -OCH3 is 2. The van der Waals surface area contributed by atoms with Crippen LogP contribution >= 0.6 is 0 Å². The van der Waals surface area contributed by atoms with Gasteiger partial charge in [-0.25, -0.2) is 13.1 Å². The monoisotopic (exact) mass is 406 g/mol. The summed E-state index contributed by atoms with van der Waals surface area (Å²) < 4.78 is 37.4. The predicted octanol–water partition coefficient (Wildman–Crippen LogP) is 1.81. The quantitative estimate of drug-likeness (QED) is 0.434. The SMILES string of the molecule is CN=C(NCCS(=O)(=O)NCc1ccccc1)Nc1ccc(OC)c(OC)c1. The Hall–Kier alpha value is -2.78. The molecule has 2 aromatic carbocycles. The highest BCUT2D eigenvalue weighted by atomic mass is 32.2. The Morgan fingerprint density at radius 1 is 1.04 bits per heavy atom. The number of guanidine groups is 1. The number of sulfonamides is 1. The van der Waals surface area contributed by atoms with Crippen molar-refractivity contribution in [2.24, 2.45) is 4.99 Å². The van der Waals surface area contributed by atoms with E-state index in [-0.39, 0.29) is 18.8 Å². The maximum absolute atomic E-state index is 12.1. The van der Waals surface area contributed by atoms with Gasteiger partial charge in [0.2, 0.25) is 10.0 Å². The molecule has 3 N–H and O–H groups in total. The number of aliphatic imine (C=N–C) groups is 1. The van der Waals surface area contributed by atoms with Gasteiger partial charge in [-0.15, -0.1) is 0 Å². The zero-order valence-electron chi connectivity index (χ0n) is 16.2. The summed E-state index contributed by atoms with van der Waals surface area (Å²) in [6.45, 7) is 0.471. The molecule has 8 nitrogen and oxygen atoms in total. The molecule has 0 saturated heterocycles. The molecule has 0 aliphatic heterocycles. The van der Waals surface area contributed by atoms with Crippen LogP contribution in [0, 0.1) is 0 Å². The van der Waals surface area contributed by atoms with E-state index in [1.165, 1.54) is 0 Å². The van der Waals surface area contributed by atoms with Gasteiger partial charge >= 0.3 is 0 Å². The van der Waals surface area contributed by atoms with Gasteiger partial charge in [0.05, 0.1) is 20.0 Å². The third-order valence-electron chi connectivity index (χ3n) is 3.87. The molecule has 0 aliphatic carbocycles. The summed E-state index contributed by atoms with van der Waals surface area (Å²) in [4.78, 5) is 4.10. The van der Waals surface area contributed by atoms with Gasteiger partial charge in [-0.2, -0.15) is 0 Å². The van der Waals surface area contributed by atoms with Gasteiger partial charge in [0.15, 0.2) is 17.5 Å². The summed E-state index contributed by atoms with van der Waals surface area (Å²) in [5.74, 6) is 1.57. The Morgan fingerprint density at radius 3 is 2.39 bits per heavy atom. The van der Waals surface area contributed by atoms with E-state index in [4.69, 9.17) is 9.47 Å². The van der Waals surface area contributed by atoms with Crippen molar-refractivity contribution in [2.45, 2.75) is 6.54 Å². The van der Waals surface area contributed by atoms with E-state index < -0.39 is 10.0 Å². The molecule has 9 heteroatoms. The van der Waals surface area contributed by atoms with Crippen molar-refractivity contribution >= 4 is 21.7 Å². The first-order chi connectivity index (χ1) is 13.5. The van der Waals surface area contributed by atoms with Gasteiger partial charge in [0, 0.05) is 31.9 Å².